The molecule has 1 rings (SSSR count). The molecule has 2 amide bonds. The third-order valence-corrected chi connectivity index (χ3v) is 2.47. The largest absolute Gasteiger partial charge is 0.324 e. The minimum atomic E-state index is -0.0158. The van der Waals surface area contributed by atoms with Gasteiger partial charge in [-0.3, -0.25) is 0 Å². The predicted molar refractivity (Wildman–Crippen MR) is 76.8 cm³/mol. The van der Waals surface area contributed by atoms with E-state index in [2.05, 4.69) is 33.0 Å². The second-order valence-electron chi connectivity index (χ2n) is 5.78. The van der Waals surface area contributed by atoms with E-state index < -0.39 is 0 Å². The summed E-state index contributed by atoms with van der Waals surface area (Å²) in [5, 5.41) is 2.94. The molecule has 0 aromatic heterocycles. The molecule has 0 aliphatic rings. The zero-order chi connectivity index (χ0) is 13.6. The lowest BCUT2D eigenvalue weighted by Crippen LogP contribution is -2.40. The Morgan fingerprint density at radius 3 is 2.33 bits per heavy atom. The lowest BCUT2D eigenvalue weighted by Gasteiger charge is -2.29. The van der Waals surface area contributed by atoms with Gasteiger partial charge in [0.1, 0.15) is 0 Å². The molecule has 0 saturated heterocycles. The zero-order valence-corrected chi connectivity index (χ0v) is 11.9. The van der Waals surface area contributed by atoms with Crippen LogP contribution in [0.1, 0.15) is 34.1 Å². The number of nitrogens with zero attached hydrogens (tertiary/aromatic N) is 1. The van der Waals surface area contributed by atoms with Crippen molar-refractivity contribution >= 4 is 11.7 Å². The van der Waals surface area contributed by atoms with Crippen molar-refractivity contribution < 1.29 is 4.79 Å². The Bertz CT molecular complexity index is 368. The summed E-state index contributed by atoms with van der Waals surface area (Å²) in [5.74, 6) is 0. The van der Waals surface area contributed by atoms with Gasteiger partial charge in [0.25, 0.3) is 0 Å². The van der Waals surface area contributed by atoms with Crippen molar-refractivity contribution in [2.24, 2.45) is 5.41 Å². The van der Waals surface area contributed by atoms with E-state index in [-0.39, 0.29) is 11.4 Å². The van der Waals surface area contributed by atoms with E-state index in [1.165, 1.54) is 0 Å². The predicted octanol–water partition coefficient (Wildman–Crippen LogP) is 3.98. The molecule has 3 heteroatoms. The Morgan fingerprint density at radius 2 is 1.83 bits per heavy atom. The molecule has 18 heavy (non-hydrogen) atoms. The molecule has 0 aliphatic heterocycles. The second kappa shape index (κ2) is 6.43. The molecule has 0 heterocycles. The summed E-state index contributed by atoms with van der Waals surface area (Å²) in [6.07, 6.45) is 0.971. The number of rotatable bonds is 4. The van der Waals surface area contributed by atoms with Gasteiger partial charge in [-0.05, 0) is 24.0 Å². The zero-order valence-electron chi connectivity index (χ0n) is 11.9. The maximum absolute atomic E-state index is 12.2. The van der Waals surface area contributed by atoms with Gasteiger partial charge in [-0.1, -0.05) is 45.9 Å². The quantitative estimate of drug-likeness (QED) is 0.859. The van der Waals surface area contributed by atoms with Crippen LogP contribution in [0.4, 0.5) is 10.5 Å². The third-order valence-electron chi connectivity index (χ3n) is 2.47. The lowest BCUT2D eigenvalue weighted by molar-refractivity contribution is 0.185. The first-order valence-corrected chi connectivity index (χ1v) is 6.53. The van der Waals surface area contributed by atoms with E-state index in [1.807, 2.05) is 35.2 Å². The van der Waals surface area contributed by atoms with Gasteiger partial charge in [-0.15, -0.1) is 0 Å². The molecule has 3 nitrogen and oxygen atoms in total. The fourth-order valence-electron chi connectivity index (χ4n) is 1.82. The van der Waals surface area contributed by atoms with Crippen molar-refractivity contribution in [3.8, 4) is 0 Å². The smallest absolute Gasteiger partial charge is 0.321 e. The number of urea groups is 1. The minimum absolute atomic E-state index is 0.0158. The fourth-order valence-corrected chi connectivity index (χ4v) is 1.82. The second-order valence-corrected chi connectivity index (χ2v) is 5.78. The highest BCUT2D eigenvalue weighted by molar-refractivity contribution is 5.89. The van der Waals surface area contributed by atoms with Gasteiger partial charge in [-0.25, -0.2) is 4.79 Å². The Balaban J connectivity index is 2.65. The molecule has 0 atom stereocenters. The summed E-state index contributed by atoms with van der Waals surface area (Å²) in [6, 6.07) is 9.57. The maximum Gasteiger partial charge on any atom is 0.321 e. The Labute approximate surface area is 110 Å². The monoisotopic (exact) mass is 248 g/mol. The number of carbonyl (C=O) groups is 1. The molecule has 1 N–H and O–H groups in total. The van der Waals surface area contributed by atoms with Gasteiger partial charge in [0, 0.05) is 18.8 Å². The summed E-state index contributed by atoms with van der Waals surface area (Å²) in [5.41, 5.74) is 0.959. The highest BCUT2D eigenvalue weighted by atomic mass is 16.2. The van der Waals surface area contributed by atoms with Crippen LogP contribution in [-0.4, -0.2) is 24.0 Å². The van der Waals surface area contributed by atoms with Crippen molar-refractivity contribution in [1.29, 1.82) is 0 Å². The normalized spacial score (nSPS) is 11.1. The van der Waals surface area contributed by atoms with Crippen LogP contribution in [0.5, 0.6) is 0 Å². The van der Waals surface area contributed by atoms with Crippen molar-refractivity contribution in [2.75, 3.05) is 18.4 Å². The molecule has 0 fully saturated rings. The van der Waals surface area contributed by atoms with Crippen LogP contribution < -0.4 is 5.32 Å². The molecule has 1 aromatic rings. The maximum atomic E-state index is 12.2. The molecule has 0 bridgehead atoms. The summed E-state index contributed by atoms with van der Waals surface area (Å²) in [4.78, 5) is 14.1. The Hall–Kier alpha value is -1.51. The molecule has 0 spiro atoms. The number of para-hydroxylation sites is 1. The number of anilines is 1. The molecule has 1 aromatic carbocycles. The van der Waals surface area contributed by atoms with Gasteiger partial charge in [0.05, 0.1) is 0 Å². The molecule has 0 unspecified atom stereocenters. The van der Waals surface area contributed by atoms with Gasteiger partial charge in [0.2, 0.25) is 0 Å². The van der Waals surface area contributed by atoms with E-state index in [1.54, 1.807) is 0 Å². The molecule has 0 aliphatic carbocycles. The van der Waals surface area contributed by atoms with E-state index in [9.17, 15) is 4.79 Å². The molecular weight excluding hydrogens is 224 g/mol. The number of benzene rings is 1. The summed E-state index contributed by atoms with van der Waals surface area (Å²) >= 11 is 0. The fraction of sp³-hybridized carbons (Fsp3) is 0.533. The highest BCUT2D eigenvalue weighted by Gasteiger charge is 2.20. The van der Waals surface area contributed by atoms with Crippen molar-refractivity contribution in [3.05, 3.63) is 30.3 Å². The van der Waals surface area contributed by atoms with Crippen molar-refractivity contribution in [1.82, 2.24) is 4.90 Å². The minimum Gasteiger partial charge on any atom is -0.324 e. The van der Waals surface area contributed by atoms with Gasteiger partial charge in [-0.2, -0.15) is 0 Å². The summed E-state index contributed by atoms with van der Waals surface area (Å²) < 4.78 is 0. The van der Waals surface area contributed by atoms with Crippen LogP contribution in [0.15, 0.2) is 30.3 Å². The lowest BCUT2D eigenvalue weighted by atomic mass is 9.96. The van der Waals surface area contributed by atoms with Gasteiger partial charge in [0.15, 0.2) is 0 Å². The highest BCUT2D eigenvalue weighted by Crippen LogP contribution is 2.16. The van der Waals surface area contributed by atoms with Crippen molar-refractivity contribution in [2.45, 2.75) is 34.1 Å². The average molecular weight is 248 g/mol. The van der Waals surface area contributed by atoms with Crippen LogP contribution >= 0.6 is 0 Å². The van der Waals surface area contributed by atoms with E-state index >= 15 is 0 Å². The van der Waals surface area contributed by atoms with Crippen LogP contribution in [0.25, 0.3) is 0 Å². The van der Waals surface area contributed by atoms with Crippen molar-refractivity contribution in [3.63, 3.8) is 0 Å². The van der Waals surface area contributed by atoms with Crippen LogP contribution in [0.2, 0.25) is 0 Å². The number of nitrogens with one attached hydrogen (secondary N) is 1. The molecule has 100 valence electrons. The van der Waals surface area contributed by atoms with Gasteiger partial charge < -0.3 is 10.2 Å². The summed E-state index contributed by atoms with van der Waals surface area (Å²) in [6.45, 7) is 10.1. The van der Waals surface area contributed by atoms with E-state index in [0.717, 1.165) is 25.2 Å². The molecular formula is C15H24N2O. The number of carbonyl (C=O) groups excluding carboxylic acids is 1. The number of amides is 2. The standard InChI is InChI=1S/C15H24N2O/c1-5-11-17(12-15(2,3)4)14(18)16-13-9-7-6-8-10-13/h6-10H,5,11-12H2,1-4H3,(H,16,18). The number of hydrogen-bond acceptors (Lipinski definition) is 1. The third kappa shape index (κ3) is 5.21. The summed E-state index contributed by atoms with van der Waals surface area (Å²) in [7, 11) is 0. The molecule has 0 radical (unpaired) electrons. The van der Waals surface area contributed by atoms with E-state index in [4.69, 9.17) is 0 Å². The number of hydrogen-bond donors (Lipinski definition) is 1. The first kappa shape index (κ1) is 14.6. The Kier molecular flexibility index (Phi) is 5.20. The van der Waals surface area contributed by atoms with Gasteiger partial charge >= 0.3 is 6.03 Å². The molecule has 0 saturated carbocycles. The SMILES string of the molecule is CCCN(CC(C)(C)C)C(=O)Nc1ccccc1. The van der Waals surface area contributed by atoms with E-state index in [0.29, 0.717) is 0 Å². The van der Waals surface area contributed by atoms with Crippen LogP contribution in [-0.2, 0) is 0 Å². The first-order valence-electron chi connectivity index (χ1n) is 6.53. The van der Waals surface area contributed by atoms with Crippen LogP contribution in [0.3, 0.4) is 0 Å². The topological polar surface area (TPSA) is 32.3 Å². The average Bonchev–Trinajstić information content (AvgIpc) is 2.28. The first-order chi connectivity index (χ1) is 8.42. The Morgan fingerprint density at radius 1 is 1.22 bits per heavy atom. The van der Waals surface area contributed by atoms with Crippen LogP contribution in [0, 0.1) is 5.41 Å².